The van der Waals surface area contributed by atoms with Crippen LogP contribution in [0.2, 0.25) is 0 Å². The smallest absolute Gasteiger partial charge is 0.261 e. The first-order valence-corrected chi connectivity index (χ1v) is 9.86. The van der Waals surface area contributed by atoms with E-state index < -0.39 is 0 Å². The summed E-state index contributed by atoms with van der Waals surface area (Å²) in [5.74, 6) is -0.0343. The Hall–Kier alpha value is -3.67. The van der Waals surface area contributed by atoms with Crippen molar-refractivity contribution in [1.82, 2.24) is 10.2 Å². The summed E-state index contributed by atoms with van der Waals surface area (Å²) in [6.07, 6.45) is 0.617. The maximum Gasteiger partial charge on any atom is 0.261 e. The Balaban J connectivity index is 1.37. The van der Waals surface area contributed by atoms with Crippen molar-refractivity contribution in [3.63, 3.8) is 0 Å². The highest BCUT2D eigenvalue weighted by molar-refractivity contribution is 6.25. The molecule has 0 unspecified atom stereocenters. The van der Waals surface area contributed by atoms with E-state index in [0.717, 1.165) is 16.7 Å². The first-order chi connectivity index (χ1) is 14.6. The standard InChI is InChI=1S/C24H22N2O4/c1-30-20-12-3-2-7-17(20)15-25-21(27)13-6-14-26-23(28)18-10-4-8-16-9-5-11-19(22(16)18)24(26)29/h2-5,7-12H,6,13-15H2,1H3,(H,25,27). The van der Waals surface area contributed by atoms with Crippen molar-refractivity contribution < 1.29 is 19.1 Å². The molecule has 3 amide bonds. The monoisotopic (exact) mass is 402 g/mol. The van der Waals surface area contributed by atoms with Gasteiger partial charge in [-0.1, -0.05) is 42.5 Å². The van der Waals surface area contributed by atoms with Gasteiger partial charge in [0.25, 0.3) is 11.8 Å². The van der Waals surface area contributed by atoms with Crippen LogP contribution in [-0.4, -0.2) is 36.3 Å². The normalized spacial score (nSPS) is 12.9. The number of rotatable bonds is 7. The van der Waals surface area contributed by atoms with Crippen LogP contribution in [-0.2, 0) is 11.3 Å². The molecule has 6 heteroatoms. The molecule has 0 saturated carbocycles. The van der Waals surface area contributed by atoms with Crippen LogP contribution in [0.3, 0.4) is 0 Å². The molecule has 0 radical (unpaired) electrons. The van der Waals surface area contributed by atoms with E-state index in [1.165, 1.54) is 4.90 Å². The number of nitrogens with one attached hydrogen (secondary N) is 1. The summed E-state index contributed by atoms with van der Waals surface area (Å²) in [5, 5.41) is 4.44. The molecule has 1 N–H and O–H groups in total. The average Bonchev–Trinajstić information content (AvgIpc) is 2.78. The minimum Gasteiger partial charge on any atom is -0.496 e. The molecule has 0 saturated heterocycles. The van der Waals surface area contributed by atoms with E-state index in [0.29, 0.717) is 29.5 Å². The second kappa shape index (κ2) is 8.37. The van der Waals surface area contributed by atoms with Gasteiger partial charge in [-0.25, -0.2) is 0 Å². The molecule has 0 bridgehead atoms. The van der Waals surface area contributed by atoms with Gasteiger partial charge >= 0.3 is 0 Å². The van der Waals surface area contributed by atoms with Gasteiger partial charge in [-0.15, -0.1) is 0 Å². The molecule has 0 aromatic heterocycles. The highest BCUT2D eigenvalue weighted by Crippen LogP contribution is 2.30. The summed E-state index contributed by atoms with van der Waals surface area (Å²) in [6.45, 7) is 0.560. The van der Waals surface area contributed by atoms with Crippen LogP contribution in [0, 0.1) is 0 Å². The van der Waals surface area contributed by atoms with Gasteiger partial charge in [0.1, 0.15) is 5.75 Å². The van der Waals surface area contributed by atoms with Crippen molar-refractivity contribution in [2.75, 3.05) is 13.7 Å². The first-order valence-electron chi connectivity index (χ1n) is 9.86. The Morgan fingerprint density at radius 1 is 0.933 bits per heavy atom. The summed E-state index contributed by atoms with van der Waals surface area (Å²) in [4.78, 5) is 39.2. The summed E-state index contributed by atoms with van der Waals surface area (Å²) < 4.78 is 5.28. The first kappa shape index (κ1) is 19.6. The van der Waals surface area contributed by atoms with E-state index in [9.17, 15) is 14.4 Å². The molecule has 0 spiro atoms. The second-order valence-electron chi connectivity index (χ2n) is 7.16. The molecule has 0 fully saturated rings. The van der Waals surface area contributed by atoms with Gasteiger partial charge in [0.15, 0.2) is 0 Å². The fourth-order valence-electron chi connectivity index (χ4n) is 3.81. The number of imide groups is 1. The third kappa shape index (κ3) is 3.64. The molecule has 4 rings (SSSR count). The van der Waals surface area contributed by atoms with Gasteiger partial charge in [0, 0.05) is 41.6 Å². The van der Waals surface area contributed by atoms with Crippen LogP contribution >= 0.6 is 0 Å². The number of hydrogen-bond acceptors (Lipinski definition) is 4. The number of carbonyl (C=O) groups is 3. The van der Waals surface area contributed by atoms with Gasteiger partial charge < -0.3 is 10.1 Å². The fourth-order valence-corrected chi connectivity index (χ4v) is 3.81. The maximum atomic E-state index is 12.9. The largest absolute Gasteiger partial charge is 0.496 e. The Labute approximate surface area is 174 Å². The number of amides is 3. The number of para-hydroxylation sites is 1. The van der Waals surface area contributed by atoms with E-state index in [1.54, 1.807) is 19.2 Å². The minimum absolute atomic E-state index is 0.139. The van der Waals surface area contributed by atoms with E-state index in [-0.39, 0.29) is 30.7 Å². The number of carbonyl (C=O) groups excluding carboxylic acids is 3. The van der Waals surface area contributed by atoms with Crippen molar-refractivity contribution in [2.45, 2.75) is 19.4 Å². The van der Waals surface area contributed by atoms with E-state index >= 15 is 0 Å². The van der Waals surface area contributed by atoms with Crippen LogP contribution in [0.1, 0.15) is 39.1 Å². The third-order valence-corrected chi connectivity index (χ3v) is 5.31. The molecule has 6 nitrogen and oxygen atoms in total. The molecule has 0 aliphatic carbocycles. The lowest BCUT2D eigenvalue weighted by Gasteiger charge is -2.27. The number of methoxy groups -OCH3 is 1. The van der Waals surface area contributed by atoms with Gasteiger partial charge in [0.2, 0.25) is 5.91 Å². The Kier molecular flexibility index (Phi) is 5.48. The topological polar surface area (TPSA) is 75.7 Å². The zero-order chi connectivity index (χ0) is 21.1. The number of ether oxygens (including phenoxy) is 1. The zero-order valence-corrected chi connectivity index (χ0v) is 16.7. The number of nitrogens with zero attached hydrogens (tertiary/aromatic N) is 1. The lowest BCUT2D eigenvalue weighted by atomic mass is 9.94. The summed E-state index contributed by atoms with van der Waals surface area (Å²) >= 11 is 0. The summed E-state index contributed by atoms with van der Waals surface area (Å²) in [5.41, 5.74) is 1.95. The zero-order valence-electron chi connectivity index (χ0n) is 16.7. The molecule has 3 aromatic rings. The van der Waals surface area contributed by atoms with Crippen molar-refractivity contribution in [1.29, 1.82) is 0 Å². The molecule has 3 aromatic carbocycles. The maximum absolute atomic E-state index is 12.9. The molecule has 152 valence electrons. The molecule has 1 heterocycles. The predicted molar refractivity (Wildman–Crippen MR) is 113 cm³/mol. The van der Waals surface area contributed by atoms with Gasteiger partial charge in [-0.2, -0.15) is 0 Å². The third-order valence-electron chi connectivity index (χ3n) is 5.31. The molecular weight excluding hydrogens is 380 g/mol. The SMILES string of the molecule is COc1ccccc1CNC(=O)CCCN1C(=O)c2cccc3cccc(c23)C1=O. The summed E-state index contributed by atoms with van der Waals surface area (Å²) in [6, 6.07) is 18.4. The lowest BCUT2D eigenvalue weighted by molar-refractivity contribution is -0.121. The molecule has 0 atom stereocenters. The van der Waals surface area contributed by atoms with Crippen LogP contribution in [0.4, 0.5) is 0 Å². The lowest BCUT2D eigenvalue weighted by Crippen LogP contribution is -2.41. The van der Waals surface area contributed by atoms with E-state index in [2.05, 4.69) is 5.32 Å². The van der Waals surface area contributed by atoms with Crippen LogP contribution in [0.15, 0.2) is 60.7 Å². The van der Waals surface area contributed by atoms with Crippen LogP contribution in [0.25, 0.3) is 10.8 Å². The quantitative estimate of drug-likeness (QED) is 0.614. The average molecular weight is 402 g/mol. The molecule has 1 aliphatic rings. The Morgan fingerprint density at radius 2 is 1.60 bits per heavy atom. The van der Waals surface area contributed by atoms with Crippen molar-refractivity contribution >= 4 is 28.5 Å². The second-order valence-corrected chi connectivity index (χ2v) is 7.16. The highest BCUT2D eigenvalue weighted by Gasteiger charge is 2.32. The van der Waals surface area contributed by atoms with Gasteiger partial charge in [-0.05, 0) is 30.0 Å². The van der Waals surface area contributed by atoms with Crippen molar-refractivity contribution in [3.8, 4) is 5.75 Å². The van der Waals surface area contributed by atoms with E-state index in [4.69, 9.17) is 4.74 Å². The Morgan fingerprint density at radius 3 is 2.27 bits per heavy atom. The van der Waals surface area contributed by atoms with Gasteiger partial charge in [0.05, 0.1) is 7.11 Å². The fraction of sp³-hybridized carbons (Fsp3) is 0.208. The molecule has 30 heavy (non-hydrogen) atoms. The number of hydrogen-bond donors (Lipinski definition) is 1. The molecular formula is C24H22N2O4. The van der Waals surface area contributed by atoms with Gasteiger partial charge in [-0.3, -0.25) is 19.3 Å². The Bertz CT molecular complexity index is 1090. The van der Waals surface area contributed by atoms with E-state index in [1.807, 2.05) is 48.5 Å². The highest BCUT2D eigenvalue weighted by atomic mass is 16.5. The summed E-state index contributed by atoms with van der Waals surface area (Å²) in [7, 11) is 1.59. The van der Waals surface area contributed by atoms with Crippen molar-refractivity contribution in [3.05, 3.63) is 77.4 Å². The predicted octanol–water partition coefficient (Wildman–Crippen LogP) is 3.54. The van der Waals surface area contributed by atoms with Crippen LogP contribution < -0.4 is 10.1 Å². The number of benzene rings is 3. The molecule has 1 aliphatic heterocycles. The minimum atomic E-state index is -0.307. The van der Waals surface area contributed by atoms with Crippen LogP contribution in [0.5, 0.6) is 5.75 Å². The van der Waals surface area contributed by atoms with Crippen molar-refractivity contribution in [2.24, 2.45) is 0 Å².